The monoisotopic (exact) mass is 424 g/mol. The Kier molecular flexibility index (Phi) is 4.43. The SMILES string of the molecule is FC(F)(F)c1ccc(-c2ccc(-c3ccccc3)c(I)c2)cc1. The van der Waals surface area contributed by atoms with Crippen LogP contribution in [0.4, 0.5) is 13.2 Å². The molecule has 0 nitrogen and oxygen atoms in total. The van der Waals surface area contributed by atoms with E-state index < -0.39 is 11.7 Å². The summed E-state index contributed by atoms with van der Waals surface area (Å²) in [5.74, 6) is 0. The van der Waals surface area contributed by atoms with Crippen molar-refractivity contribution in [3.8, 4) is 22.3 Å². The molecule has 0 atom stereocenters. The van der Waals surface area contributed by atoms with Crippen LogP contribution in [0.2, 0.25) is 0 Å². The lowest BCUT2D eigenvalue weighted by Crippen LogP contribution is -2.03. The van der Waals surface area contributed by atoms with Crippen LogP contribution in [-0.2, 0) is 6.18 Å². The van der Waals surface area contributed by atoms with Crippen molar-refractivity contribution in [3.63, 3.8) is 0 Å². The van der Waals surface area contributed by atoms with E-state index in [1.165, 1.54) is 12.1 Å². The lowest BCUT2D eigenvalue weighted by atomic mass is 9.99. The summed E-state index contributed by atoms with van der Waals surface area (Å²) in [6.45, 7) is 0. The van der Waals surface area contributed by atoms with Crippen molar-refractivity contribution in [1.82, 2.24) is 0 Å². The van der Waals surface area contributed by atoms with Crippen LogP contribution in [0.1, 0.15) is 5.56 Å². The minimum atomic E-state index is -4.30. The molecule has 0 aliphatic rings. The molecule has 0 radical (unpaired) electrons. The molecule has 0 saturated carbocycles. The lowest BCUT2D eigenvalue weighted by Gasteiger charge is -2.10. The smallest absolute Gasteiger partial charge is 0.166 e. The molecule has 0 amide bonds. The highest BCUT2D eigenvalue weighted by molar-refractivity contribution is 14.1. The Labute approximate surface area is 146 Å². The van der Waals surface area contributed by atoms with E-state index in [2.05, 4.69) is 22.6 Å². The number of hydrogen-bond donors (Lipinski definition) is 0. The maximum absolute atomic E-state index is 12.6. The van der Waals surface area contributed by atoms with E-state index >= 15 is 0 Å². The van der Waals surface area contributed by atoms with Crippen LogP contribution in [-0.4, -0.2) is 0 Å². The van der Waals surface area contributed by atoms with E-state index in [1.807, 2.05) is 48.5 Å². The number of benzene rings is 3. The highest BCUT2D eigenvalue weighted by atomic mass is 127. The molecule has 116 valence electrons. The topological polar surface area (TPSA) is 0 Å². The van der Waals surface area contributed by atoms with Gasteiger partial charge in [-0.25, -0.2) is 0 Å². The van der Waals surface area contributed by atoms with E-state index in [-0.39, 0.29) is 0 Å². The molecule has 0 unspecified atom stereocenters. The second-order valence-corrected chi connectivity index (χ2v) is 6.30. The molecule has 3 aromatic carbocycles. The van der Waals surface area contributed by atoms with Crippen LogP contribution >= 0.6 is 22.6 Å². The molecule has 0 bridgehead atoms. The Morgan fingerprint density at radius 3 is 1.83 bits per heavy atom. The summed E-state index contributed by atoms with van der Waals surface area (Å²) in [6, 6.07) is 21.2. The molecule has 0 fully saturated rings. The summed E-state index contributed by atoms with van der Waals surface area (Å²) in [6.07, 6.45) is -4.30. The van der Waals surface area contributed by atoms with Crippen LogP contribution in [0.3, 0.4) is 0 Å². The Hall–Kier alpha value is -1.82. The number of rotatable bonds is 2. The molecule has 0 saturated heterocycles. The highest BCUT2D eigenvalue weighted by Crippen LogP contribution is 2.33. The van der Waals surface area contributed by atoms with Crippen molar-refractivity contribution in [2.75, 3.05) is 0 Å². The fraction of sp³-hybridized carbons (Fsp3) is 0.0526. The predicted octanol–water partition coefficient (Wildman–Crippen LogP) is 6.64. The maximum Gasteiger partial charge on any atom is 0.416 e. The van der Waals surface area contributed by atoms with Gasteiger partial charge in [0.2, 0.25) is 0 Å². The van der Waals surface area contributed by atoms with Gasteiger partial charge in [-0.1, -0.05) is 54.6 Å². The third-order valence-electron chi connectivity index (χ3n) is 3.60. The normalized spacial score (nSPS) is 11.5. The van der Waals surface area contributed by atoms with Gasteiger partial charge >= 0.3 is 6.18 Å². The van der Waals surface area contributed by atoms with Gasteiger partial charge in [0.25, 0.3) is 0 Å². The first-order valence-electron chi connectivity index (χ1n) is 6.98. The van der Waals surface area contributed by atoms with Crippen LogP contribution < -0.4 is 0 Å². The lowest BCUT2D eigenvalue weighted by molar-refractivity contribution is -0.137. The summed E-state index contributed by atoms with van der Waals surface area (Å²) in [4.78, 5) is 0. The van der Waals surface area contributed by atoms with Gasteiger partial charge in [0.1, 0.15) is 0 Å². The van der Waals surface area contributed by atoms with Gasteiger partial charge in [0, 0.05) is 3.57 Å². The standard InChI is InChI=1S/C19H12F3I/c20-19(21,22)16-9-6-13(7-10-16)15-8-11-17(18(23)12-15)14-4-2-1-3-5-14/h1-12H. The average molecular weight is 424 g/mol. The third-order valence-corrected chi connectivity index (χ3v) is 4.49. The van der Waals surface area contributed by atoms with Crippen LogP contribution in [0, 0.1) is 3.57 Å². The third kappa shape index (κ3) is 3.58. The van der Waals surface area contributed by atoms with Crippen molar-refractivity contribution in [3.05, 3.63) is 81.9 Å². The zero-order valence-electron chi connectivity index (χ0n) is 11.9. The van der Waals surface area contributed by atoms with Gasteiger partial charge in [-0.3, -0.25) is 0 Å². The average Bonchev–Trinajstić information content (AvgIpc) is 2.55. The molecule has 3 aromatic rings. The van der Waals surface area contributed by atoms with E-state index in [1.54, 1.807) is 0 Å². The zero-order chi connectivity index (χ0) is 16.4. The van der Waals surface area contributed by atoms with Crippen molar-refractivity contribution >= 4 is 22.6 Å². The van der Waals surface area contributed by atoms with E-state index in [9.17, 15) is 13.2 Å². The Bertz CT molecular complexity index is 806. The summed E-state index contributed by atoms with van der Waals surface area (Å²) < 4.78 is 38.9. The van der Waals surface area contributed by atoms with Crippen LogP contribution in [0.5, 0.6) is 0 Å². The first-order chi connectivity index (χ1) is 10.9. The van der Waals surface area contributed by atoms with Gasteiger partial charge in [-0.05, 0) is 63.0 Å². The Balaban J connectivity index is 1.94. The summed E-state index contributed by atoms with van der Waals surface area (Å²) in [5.41, 5.74) is 3.29. The molecule has 0 N–H and O–H groups in total. The van der Waals surface area contributed by atoms with Gasteiger partial charge in [-0.2, -0.15) is 13.2 Å². The van der Waals surface area contributed by atoms with Crippen molar-refractivity contribution in [2.24, 2.45) is 0 Å². The molecule has 4 heteroatoms. The summed E-state index contributed by atoms with van der Waals surface area (Å²) in [5, 5.41) is 0. The Morgan fingerprint density at radius 2 is 1.26 bits per heavy atom. The number of hydrogen-bond acceptors (Lipinski definition) is 0. The van der Waals surface area contributed by atoms with Gasteiger partial charge < -0.3 is 0 Å². The summed E-state index contributed by atoms with van der Waals surface area (Å²) in [7, 11) is 0. The number of halogens is 4. The fourth-order valence-electron chi connectivity index (χ4n) is 2.40. The number of alkyl halides is 3. The second-order valence-electron chi connectivity index (χ2n) is 5.14. The second kappa shape index (κ2) is 6.35. The predicted molar refractivity (Wildman–Crippen MR) is 95.0 cm³/mol. The van der Waals surface area contributed by atoms with Gasteiger partial charge in [-0.15, -0.1) is 0 Å². The minimum Gasteiger partial charge on any atom is -0.166 e. The van der Waals surface area contributed by atoms with E-state index in [0.717, 1.165) is 38.0 Å². The van der Waals surface area contributed by atoms with Crippen molar-refractivity contribution in [1.29, 1.82) is 0 Å². The molecule has 3 rings (SSSR count). The Morgan fingerprint density at radius 1 is 0.652 bits per heavy atom. The molecule has 0 aliphatic carbocycles. The quantitative estimate of drug-likeness (QED) is 0.405. The van der Waals surface area contributed by atoms with Crippen molar-refractivity contribution < 1.29 is 13.2 Å². The highest BCUT2D eigenvalue weighted by Gasteiger charge is 2.29. The van der Waals surface area contributed by atoms with Crippen molar-refractivity contribution in [2.45, 2.75) is 6.18 Å². The molecule has 0 aliphatic heterocycles. The molecule has 23 heavy (non-hydrogen) atoms. The molecule has 0 aromatic heterocycles. The largest absolute Gasteiger partial charge is 0.416 e. The maximum atomic E-state index is 12.6. The fourth-order valence-corrected chi connectivity index (χ4v) is 3.22. The molecule has 0 heterocycles. The van der Waals surface area contributed by atoms with Crippen LogP contribution in [0.15, 0.2) is 72.8 Å². The molecular weight excluding hydrogens is 412 g/mol. The van der Waals surface area contributed by atoms with Gasteiger partial charge in [0.05, 0.1) is 5.56 Å². The van der Waals surface area contributed by atoms with Gasteiger partial charge in [0.15, 0.2) is 0 Å². The first kappa shape index (κ1) is 16.1. The first-order valence-corrected chi connectivity index (χ1v) is 8.05. The zero-order valence-corrected chi connectivity index (χ0v) is 14.1. The summed E-state index contributed by atoms with van der Waals surface area (Å²) >= 11 is 2.26. The molecule has 0 spiro atoms. The molecular formula is C19H12F3I. The minimum absolute atomic E-state index is 0.628. The van der Waals surface area contributed by atoms with Crippen LogP contribution in [0.25, 0.3) is 22.3 Å². The van der Waals surface area contributed by atoms with E-state index in [4.69, 9.17) is 0 Å². The van der Waals surface area contributed by atoms with E-state index in [0.29, 0.717) is 0 Å².